The van der Waals surface area contributed by atoms with Crippen LogP contribution in [0.2, 0.25) is 0 Å². The quantitative estimate of drug-likeness (QED) is 0.769. The molecule has 0 saturated heterocycles. The van der Waals surface area contributed by atoms with E-state index in [9.17, 15) is 9.59 Å². The maximum absolute atomic E-state index is 11.3. The van der Waals surface area contributed by atoms with Crippen LogP contribution in [0.1, 0.15) is 5.69 Å². The maximum Gasteiger partial charge on any atom is 0.328 e. The molecule has 0 radical (unpaired) electrons. The molecule has 80 valence electrons. The van der Waals surface area contributed by atoms with E-state index >= 15 is 0 Å². The van der Waals surface area contributed by atoms with E-state index in [2.05, 4.69) is 4.98 Å². The lowest BCUT2D eigenvalue weighted by Gasteiger charge is -2.12. The van der Waals surface area contributed by atoms with Gasteiger partial charge in [-0.05, 0) is 0 Å². The predicted molar refractivity (Wildman–Crippen MR) is 55.4 cm³/mol. The number of hydrogen-bond donors (Lipinski definition) is 1. The Morgan fingerprint density at radius 2 is 2.33 bits per heavy atom. The first kappa shape index (κ1) is 11.4. The maximum atomic E-state index is 11.3. The highest BCUT2D eigenvalue weighted by Gasteiger charge is 2.06. The lowest BCUT2D eigenvalue weighted by atomic mass is 10.4. The molecule has 1 N–H and O–H groups in total. The molecule has 0 spiro atoms. The van der Waals surface area contributed by atoms with Crippen LogP contribution < -0.4 is 0 Å². The van der Waals surface area contributed by atoms with E-state index in [0.29, 0.717) is 6.54 Å². The van der Waals surface area contributed by atoms with Crippen LogP contribution in [0.25, 0.3) is 0 Å². The number of thiazole rings is 1. The minimum atomic E-state index is -1.13. The van der Waals surface area contributed by atoms with Crippen molar-refractivity contribution in [3.8, 4) is 0 Å². The number of carboxylic acids is 1. The number of aliphatic carboxylic acids is 1. The minimum Gasteiger partial charge on any atom is -0.478 e. The van der Waals surface area contributed by atoms with Crippen molar-refractivity contribution in [3.63, 3.8) is 0 Å². The summed E-state index contributed by atoms with van der Waals surface area (Å²) in [5, 5.41) is 10.2. The van der Waals surface area contributed by atoms with Gasteiger partial charge in [0.1, 0.15) is 0 Å². The molecular formula is C9H10N2O3S. The highest BCUT2D eigenvalue weighted by atomic mass is 32.1. The Labute approximate surface area is 90.7 Å². The highest BCUT2D eigenvalue weighted by Crippen LogP contribution is 2.04. The van der Waals surface area contributed by atoms with Gasteiger partial charge in [0, 0.05) is 24.6 Å². The van der Waals surface area contributed by atoms with Crippen LogP contribution in [-0.2, 0) is 16.1 Å². The number of rotatable bonds is 4. The van der Waals surface area contributed by atoms with Crippen molar-refractivity contribution in [2.24, 2.45) is 0 Å². The summed E-state index contributed by atoms with van der Waals surface area (Å²) in [5.41, 5.74) is 2.47. The van der Waals surface area contributed by atoms with Gasteiger partial charge in [-0.25, -0.2) is 9.78 Å². The molecule has 0 aromatic carbocycles. The molecule has 5 nitrogen and oxygen atoms in total. The second kappa shape index (κ2) is 5.26. The lowest BCUT2D eigenvalue weighted by molar-refractivity contribution is -0.132. The Morgan fingerprint density at radius 3 is 2.87 bits per heavy atom. The molecule has 0 aliphatic carbocycles. The normalized spacial score (nSPS) is 10.5. The van der Waals surface area contributed by atoms with Crippen molar-refractivity contribution in [3.05, 3.63) is 28.7 Å². The van der Waals surface area contributed by atoms with E-state index in [1.807, 2.05) is 5.38 Å². The molecule has 0 atom stereocenters. The third kappa shape index (κ3) is 3.90. The van der Waals surface area contributed by atoms with Crippen LogP contribution in [0, 0.1) is 0 Å². The molecule has 0 unspecified atom stereocenters. The molecule has 0 bridgehead atoms. The number of hydrogen-bond acceptors (Lipinski definition) is 4. The van der Waals surface area contributed by atoms with E-state index < -0.39 is 5.97 Å². The van der Waals surface area contributed by atoms with Gasteiger partial charge in [-0.3, -0.25) is 4.79 Å². The van der Waals surface area contributed by atoms with E-state index in [4.69, 9.17) is 5.11 Å². The molecule has 1 amide bonds. The van der Waals surface area contributed by atoms with Crippen LogP contribution in [0.5, 0.6) is 0 Å². The largest absolute Gasteiger partial charge is 0.478 e. The number of carboxylic acid groups (broad SMARTS) is 1. The first-order valence-corrected chi connectivity index (χ1v) is 5.07. The van der Waals surface area contributed by atoms with Crippen LogP contribution >= 0.6 is 11.3 Å². The number of amides is 1. The molecule has 1 heterocycles. The van der Waals surface area contributed by atoms with Crippen molar-refractivity contribution in [1.29, 1.82) is 0 Å². The summed E-state index contributed by atoms with van der Waals surface area (Å²) in [4.78, 5) is 26.9. The first-order valence-electron chi connectivity index (χ1n) is 4.13. The van der Waals surface area contributed by atoms with Crippen LogP contribution in [-0.4, -0.2) is 33.9 Å². The zero-order chi connectivity index (χ0) is 11.3. The summed E-state index contributed by atoms with van der Waals surface area (Å²) in [5.74, 6) is -1.49. The lowest BCUT2D eigenvalue weighted by Crippen LogP contribution is -2.24. The van der Waals surface area contributed by atoms with Gasteiger partial charge in [-0.15, -0.1) is 11.3 Å². The Morgan fingerprint density at radius 1 is 1.60 bits per heavy atom. The standard InChI is InChI=1S/C9H10N2O3S/c1-11(4-7-5-15-6-10-7)8(12)2-3-9(13)14/h2-3,5-6H,4H2,1H3,(H,13,14). The number of aromatic nitrogens is 1. The van der Waals surface area contributed by atoms with Gasteiger partial charge in [0.2, 0.25) is 5.91 Å². The average molecular weight is 226 g/mol. The monoisotopic (exact) mass is 226 g/mol. The predicted octanol–water partition coefficient (Wildman–Crippen LogP) is 0.742. The molecule has 15 heavy (non-hydrogen) atoms. The summed E-state index contributed by atoms with van der Waals surface area (Å²) in [6, 6.07) is 0. The smallest absolute Gasteiger partial charge is 0.328 e. The van der Waals surface area contributed by atoms with Gasteiger partial charge < -0.3 is 10.0 Å². The molecule has 0 aliphatic heterocycles. The summed E-state index contributed by atoms with van der Waals surface area (Å²) < 4.78 is 0. The van der Waals surface area contributed by atoms with Gasteiger partial charge >= 0.3 is 5.97 Å². The fourth-order valence-electron chi connectivity index (χ4n) is 0.906. The minimum absolute atomic E-state index is 0.356. The number of carbonyl (C=O) groups excluding carboxylic acids is 1. The zero-order valence-corrected chi connectivity index (χ0v) is 8.90. The molecule has 0 fully saturated rings. The van der Waals surface area contributed by atoms with Gasteiger partial charge in [0.25, 0.3) is 0 Å². The summed E-state index contributed by atoms with van der Waals surface area (Å²) >= 11 is 1.45. The summed E-state index contributed by atoms with van der Waals surface area (Å²) in [6.07, 6.45) is 1.84. The topological polar surface area (TPSA) is 70.5 Å². The van der Waals surface area contributed by atoms with Gasteiger partial charge in [0.05, 0.1) is 17.7 Å². The highest BCUT2D eigenvalue weighted by molar-refractivity contribution is 7.07. The Bertz CT molecular complexity index is 373. The first-order chi connectivity index (χ1) is 7.09. The Kier molecular flexibility index (Phi) is 3.99. The Balaban J connectivity index is 2.50. The van der Waals surface area contributed by atoms with Crippen molar-refractivity contribution in [1.82, 2.24) is 9.88 Å². The number of nitrogens with zero attached hydrogens (tertiary/aromatic N) is 2. The fraction of sp³-hybridized carbons (Fsp3) is 0.222. The average Bonchev–Trinajstić information content (AvgIpc) is 2.66. The van der Waals surface area contributed by atoms with Crippen LogP contribution in [0.4, 0.5) is 0 Å². The molecule has 0 aliphatic rings. The van der Waals surface area contributed by atoms with Crippen LogP contribution in [0.15, 0.2) is 23.0 Å². The van der Waals surface area contributed by atoms with E-state index in [1.54, 1.807) is 12.6 Å². The van der Waals surface area contributed by atoms with E-state index in [1.165, 1.54) is 16.2 Å². The van der Waals surface area contributed by atoms with Crippen molar-refractivity contribution >= 4 is 23.2 Å². The van der Waals surface area contributed by atoms with E-state index in [-0.39, 0.29) is 5.91 Å². The third-order valence-corrected chi connectivity index (χ3v) is 2.26. The Hall–Kier alpha value is -1.69. The van der Waals surface area contributed by atoms with Crippen LogP contribution in [0.3, 0.4) is 0 Å². The molecular weight excluding hydrogens is 216 g/mol. The number of carbonyl (C=O) groups is 2. The molecule has 0 saturated carbocycles. The molecule has 1 rings (SSSR count). The van der Waals surface area contributed by atoms with Gasteiger partial charge in [0.15, 0.2) is 0 Å². The third-order valence-electron chi connectivity index (χ3n) is 1.63. The second-order valence-electron chi connectivity index (χ2n) is 2.85. The molecule has 1 aromatic rings. The number of likely N-dealkylation sites (N-methyl/N-ethyl adjacent to an activating group) is 1. The van der Waals surface area contributed by atoms with Crippen molar-refractivity contribution in [2.75, 3.05) is 7.05 Å². The second-order valence-corrected chi connectivity index (χ2v) is 3.56. The molecule has 1 aromatic heterocycles. The SMILES string of the molecule is CN(Cc1cscn1)C(=O)C=CC(=O)O. The fourth-order valence-corrected chi connectivity index (χ4v) is 1.46. The van der Waals surface area contributed by atoms with Gasteiger partial charge in [-0.1, -0.05) is 0 Å². The zero-order valence-electron chi connectivity index (χ0n) is 8.08. The van der Waals surface area contributed by atoms with Crippen molar-refractivity contribution in [2.45, 2.75) is 6.54 Å². The molecule has 6 heteroatoms. The van der Waals surface area contributed by atoms with E-state index in [0.717, 1.165) is 17.8 Å². The van der Waals surface area contributed by atoms with Crippen molar-refractivity contribution < 1.29 is 14.7 Å². The summed E-state index contributed by atoms with van der Waals surface area (Å²) in [7, 11) is 1.59. The summed E-state index contributed by atoms with van der Waals surface area (Å²) in [6.45, 7) is 0.381. The van der Waals surface area contributed by atoms with Gasteiger partial charge in [-0.2, -0.15) is 0 Å².